The highest BCUT2D eigenvalue weighted by atomic mass is 16.2. The summed E-state index contributed by atoms with van der Waals surface area (Å²) in [6, 6.07) is 0. The van der Waals surface area contributed by atoms with Crippen molar-refractivity contribution in [2.75, 3.05) is 6.54 Å². The Labute approximate surface area is 92.6 Å². The summed E-state index contributed by atoms with van der Waals surface area (Å²) in [5, 5.41) is 2.47. The zero-order valence-electron chi connectivity index (χ0n) is 10.7. The third kappa shape index (κ3) is 7.97. The molecule has 4 heteroatoms. The molecule has 1 unspecified atom stereocenters. The number of carbonyl (C=O) groups is 2. The second-order valence-corrected chi connectivity index (χ2v) is 4.27. The van der Waals surface area contributed by atoms with Crippen molar-refractivity contribution < 1.29 is 9.59 Å². The first-order valence-corrected chi connectivity index (χ1v) is 5.31. The van der Waals surface area contributed by atoms with Crippen molar-refractivity contribution in [3.8, 4) is 0 Å². The predicted octanol–water partition coefficient (Wildman–Crippen LogP) is 1.30. The van der Waals surface area contributed by atoms with Crippen LogP contribution in [0.3, 0.4) is 0 Å². The van der Waals surface area contributed by atoms with Crippen LogP contribution in [-0.4, -0.2) is 18.4 Å². The smallest absolute Gasteiger partial charge is 0.236 e. The van der Waals surface area contributed by atoms with E-state index in [9.17, 15) is 9.59 Å². The molecule has 0 aromatic heterocycles. The van der Waals surface area contributed by atoms with Gasteiger partial charge in [-0.25, -0.2) is 0 Å². The number of primary amides is 1. The van der Waals surface area contributed by atoms with E-state index in [1.165, 1.54) is 0 Å². The molecule has 0 fully saturated rings. The minimum Gasteiger partial charge on any atom is -0.368 e. The summed E-state index contributed by atoms with van der Waals surface area (Å²) in [6.07, 6.45) is 0. The van der Waals surface area contributed by atoms with Crippen LogP contribution >= 0.6 is 0 Å². The van der Waals surface area contributed by atoms with Gasteiger partial charge < -0.3 is 11.1 Å². The van der Waals surface area contributed by atoms with Crippen molar-refractivity contribution in [2.24, 2.45) is 17.1 Å². The van der Waals surface area contributed by atoms with E-state index in [1.807, 2.05) is 41.5 Å². The van der Waals surface area contributed by atoms with Gasteiger partial charge in [0.15, 0.2) is 0 Å². The largest absolute Gasteiger partial charge is 0.368 e. The lowest BCUT2D eigenvalue weighted by Gasteiger charge is -2.25. The van der Waals surface area contributed by atoms with E-state index in [0.717, 1.165) is 0 Å². The summed E-state index contributed by atoms with van der Waals surface area (Å²) >= 11 is 0. The fourth-order valence-electron chi connectivity index (χ4n) is 0.721. The van der Waals surface area contributed by atoms with E-state index in [4.69, 9.17) is 5.73 Å². The van der Waals surface area contributed by atoms with Crippen LogP contribution in [0.5, 0.6) is 0 Å². The van der Waals surface area contributed by atoms with Gasteiger partial charge in [-0.2, -0.15) is 0 Å². The van der Waals surface area contributed by atoms with E-state index in [-0.39, 0.29) is 23.8 Å². The molecule has 0 radical (unpaired) electrons. The first-order chi connectivity index (χ1) is 6.75. The first-order valence-electron chi connectivity index (χ1n) is 5.31. The highest BCUT2D eigenvalue weighted by Crippen LogP contribution is 2.24. The molecule has 0 saturated heterocycles. The molecule has 0 heterocycles. The number of hydrogen-bond donors (Lipinski definition) is 2. The summed E-state index contributed by atoms with van der Waals surface area (Å²) < 4.78 is 0. The van der Waals surface area contributed by atoms with Crippen molar-refractivity contribution in [1.82, 2.24) is 5.32 Å². The molecule has 0 aliphatic heterocycles. The first kappa shape index (κ1) is 16.4. The molecule has 0 spiro atoms. The van der Waals surface area contributed by atoms with Gasteiger partial charge in [-0.1, -0.05) is 41.5 Å². The van der Waals surface area contributed by atoms with Gasteiger partial charge in [-0.05, 0) is 5.41 Å². The van der Waals surface area contributed by atoms with E-state index >= 15 is 0 Å². The van der Waals surface area contributed by atoms with Crippen molar-refractivity contribution in [3.63, 3.8) is 0 Å². The number of nitrogens with two attached hydrogens (primary N) is 1. The Morgan fingerprint density at radius 1 is 1.27 bits per heavy atom. The van der Waals surface area contributed by atoms with Crippen LogP contribution in [-0.2, 0) is 9.59 Å². The summed E-state index contributed by atoms with van der Waals surface area (Å²) in [6.45, 7) is 11.7. The Hall–Kier alpha value is -1.06. The van der Waals surface area contributed by atoms with Gasteiger partial charge in [0.05, 0.1) is 6.54 Å². The average Bonchev–Trinajstić information content (AvgIpc) is 2.14. The van der Waals surface area contributed by atoms with Crippen molar-refractivity contribution in [3.05, 3.63) is 0 Å². The molecule has 0 aromatic carbocycles. The standard InChI is InChI=1S/C9H18N2O2.C2H6/c1-6(9(2,3)4)8(13)11-5-7(10)12;1-2/h6H,5H2,1-4H3,(H2,10,12)(H,11,13);1-2H3. The molecule has 15 heavy (non-hydrogen) atoms. The summed E-state index contributed by atoms with van der Waals surface area (Å²) in [7, 11) is 0. The van der Waals surface area contributed by atoms with E-state index in [2.05, 4.69) is 5.32 Å². The Balaban J connectivity index is 0. The van der Waals surface area contributed by atoms with Gasteiger partial charge in [-0.3, -0.25) is 9.59 Å². The molecule has 1 atom stereocenters. The summed E-state index contributed by atoms with van der Waals surface area (Å²) in [4.78, 5) is 21.8. The van der Waals surface area contributed by atoms with E-state index in [1.54, 1.807) is 0 Å². The van der Waals surface area contributed by atoms with E-state index in [0.29, 0.717) is 0 Å². The maximum atomic E-state index is 11.4. The van der Waals surface area contributed by atoms with Crippen molar-refractivity contribution in [1.29, 1.82) is 0 Å². The molecule has 2 amide bonds. The quantitative estimate of drug-likeness (QED) is 0.746. The molecular weight excluding hydrogens is 192 g/mol. The third-order valence-electron chi connectivity index (χ3n) is 2.13. The molecule has 90 valence electrons. The molecule has 0 aliphatic rings. The zero-order valence-corrected chi connectivity index (χ0v) is 10.7. The number of rotatable bonds is 3. The number of amides is 2. The Bertz CT molecular complexity index is 207. The topological polar surface area (TPSA) is 72.2 Å². The van der Waals surface area contributed by atoms with E-state index < -0.39 is 5.91 Å². The van der Waals surface area contributed by atoms with Crippen LogP contribution in [0, 0.1) is 11.3 Å². The lowest BCUT2D eigenvalue weighted by Crippen LogP contribution is -2.40. The molecule has 0 bridgehead atoms. The van der Waals surface area contributed by atoms with Gasteiger partial charge in [0.25, 0.3) is 0 Å². The van der Waals surface area contributed by atoms with Crippen LogP contribution in [0.4, 0.5) is 0 Å². The van der Waals surface area contributed by atoms with Crippen molar-refractivity contribution >= 4 is 11.8 Å². The summed E-state index contributed by atoms with van der Waals surface area (Å²) in [5.74, 6) is -0.785. The molecule has 3 N–H and O–H groups in total. The lowest BCUT2D eigenvalue weighted by molar-refractivity contribution is -0.129. The van der Waals surface area contributed by atoms with Crippen LogP contribution in [0.15, 0.2) is 0 Å². The minimum atomic E-state index is -0.519. The molecule has 0 aliphatic carbocycles. The number of carbonyl (C=O) groups excluding carboxylic acids is 2. The molecule has 4 nitrogen and oxygen atoms in total. The molecular formula is C11H24N2O2. The van der Waals surface area contributed by atoms with Gasteiger partial charge >= 0.3 is 0 Å². The molecule has 0 rings (SSSR count). The molecule has 0 aromatic rings. The highest BCUT2D eigenvalue weighted by molar-refractivity contribution is 5.85. The fourth-order valence-corrected chi connectivity index (χ4v) is 0.721. The van der Waals surface area contributed by atoms with Crippen LogP contribution in [0.2, 0.25) is 0 Å². The Morgan fingerprint density at radius 2 is 1.67 bits per heavy atom. The number of nitrogens with one attached hydrogen (secondary N) is 1. The minimum absolute atomic E-state index is 0.0841. The normalized spacial score (nSPS) is 12.1. The third-order valence-corrected chi connectivity index (χ3v) is 2.13. The fraction of sp³-hybridized carbons (Fsp3) is 0.818. The molecule has 0 saturated carbocycles. The Kier molecular flexibility index (Phi) is 7.92. The number of hydrogen-bond acceptors (Lipinski definition) is 2. The van der Waals surface area contributed by atoms with Crippen LogP contribution in [0.1, 0.15) is 41.5 Å². The van der Waals surface area contributed by atoms with Crippen LogP contribution < -0.4 is 11.1 Å². The van der Waals surface area contributed by atoms with Crippen LogP contribution in [0.25, 0.3) is 0 Å². The average molecular weight is 216 g/mol. The highest BCUT2D eigenvalue weighted by Gasteiger charge is 2.26. The van der Waals surface area contributed by atoms with Gasteiger partial charge in [-0.15, -0.1) is 0 Å². The second kappa shape index (κ2) is 7.26. The predicted molar refractivity (Wildman–Crippen MR) is 62.2 cm³/mol. The summed E-state index contributed by atoms with van der Waals surface area (Å²) in [5.41, 5.74) is 4.80. The SMILES string of the molecule is CC.CC(C(=O)NCC(N)=O)C(C)(C)C. The lowest BCUT2D eigenvalue weighted by atomic mass is 9.81. The Morgan fingerprint density at radius 3 is 1.93 bits per heavy atom. The van der Waals surface area contributed by atoms with Gasteiger partial charge in [0, 0.05) is 5.92 Å². The zero-order chi connectivity index (χ0) is 12.6. The maximum Gasteiger partial charge on any atom is 0.236 e. The monoisotopic (exact) mass is 216 g/mol. The maximum absolute atomic E-state index is 11.4. The van der Waals surface area contributed by atoms with Gasteiger partial charge in [0.1, 0.15) is 0 Å². The van der Waals surface area contributed by atoms with Crippen molar-refractivity contribution in [2.45, 2.75) is 41.5 Å². The van der Waals surface area contributed by atoms with Gasteiger partial charge in [0.2, 0.25) is 11.8 Å². The second-order valence-electron chi connectivity index (χ2n) is 4.27.